The summed E-state index contributed by atoms with van der Waals surface area (Å²) in [4.78, 5) is 8.64. The van der Waals surface area contributed by atoms with Crippen LogP contribution in [0, 0.1) is 5.41 Å². The van der Waals surface area contributed by atoms with Crippen LogP contribution < -0.4 is 11.1 Å². The summed E-state index contributed by atoms with van der Waals surface area (Å²) >= 11 is 1.96. The average Bonchev–Trinajstić information content (AvgIpc) is 2.79. The molecule has 0 atom stereocenters. The third kappa shape index (κ3) is 3.71. The van der Waals surface area contributed by atoms with Crippen LogP contribution in [0.5, 0.6) is 0 Å². The first-order valence-electron chi connectivity index (χ1n) is 9.50. The molecule has 4 rings (SSSR count). The van der Waals surface area contributed by atoms with Crippen molar-refractivity contribution in [2.75, 3.05) is 5.73 Å². The molecule has 0 aliphatic rings. The van der Waals surface area contributed by atoms with Crippen molar-refractivity contribution in [1.82, 2.24) is 9.97 Å². The lowest BCUT2D eigenvalue weighted by Gasteiger charge is -2.33. The van der Waals surface area contributed by atoms with E-state index in [1.165, 1.54) is 6.33 Å². The van der Waals surface area contributed by atoms with Gasteiger partial charge in [-0.05, 0) is 22.6 Å². The fourth-order valence-corrected chi connectivity index (χ4v) is 4.36. The van der Waals surface area contributed by atoms with Crippen molar-refractivity contribution < 1.29 is 5.32 Å². The van der Waals surface area contributed by atoms with Gasteiger partial charge in [-0.25, -0.2) is 4.98 Å². The summed E-state index contributed by atoms with van der Waals surface area (Å²) in [6, 6.07) is 31.0. The largest absolute Gasteiger partial charge is 0.383 e. The monoisotopic (exact) mass is 506 g/mol. The number of aromatic nitrogens is 2. The molecule has 4 aromatic rings. The van der Waals surface area contributed by atoms with E-state index >= 15 is 0 Å². The smallest absolute Gasteiger partial charge is 0.240 e. The minimum absolute atomic E-state index is 0.304. The van der Waals surface area contributed by atoms with E-state index < -0.39 is 5.54 Å². The van der Waals surface area contributed by atoms with Gasteiger partial charge in [0.1, 0.15) is 21.4 Å². The minimum Gasteiger partial charge on any atom is -0.383 e. The highest BCUT2D eigenvalue weighted by Gasteiger charge is 2.42. The molecule has 0 saturated heterocycles. The SMILES string of the molecule is N=C(I)c1c(N)ncnc1[NH2+]C(c1ccccc1)(c1ccccc1)c1ccccc1. The number of nitrogens with zero attached hydrogens (tertiary/aromatic N) is 2. The van der Waals surface area contributed by atoms with E-state index in [-0.39, 0.29) is 0 Å². The summed E-state index contributed by atoms with van der Waals surface area (Å²) in [5.74, 6) is 0.942. The molecular formula is C24H21IN5+. The van der Waals surface area contributed by atoms with Crippen molar-refractivity contribution in [1.29, 1.82) is 5.41 Å². The Morgan fingerprint density at radius 2 is 1.20 bits per heavy atom. The van der Waals surface area contributed by atoms with Gasteiger partial charge in [-0.1, -0.05) is 91.0 Å². The number of benzene rings is 3. The molecule has 6 heteroatoms. The van der Waals surface area contributed by atoms with Crippen LogP contribution in [0.15, 0.2) is 97.3 Å². The van der Waals surface area contributed by atoms with E-state index in [1.54, 1.807) is 0 Å². The van der Waals surface area contributed by atoms with Crippen LogP contribution in [-0.4, -0.2) is 13.7 Å². The first kappa shape index (κ1) is 20.2. The second-order valence-corrected chi connectivity index (χ2v) is 7.96. The van der Waals surface area contributed by atoms with Crippen molar-refractivity contribution in [3.63, 3.8) is 0 Å². The van der Waals surface area contributed by atoms with Gasteiger partial charge in [-0.15, -0.1) is 0 Å². The van der Waals surface area contributed by atoms with E-state index in [2.05, 4.69) is 51.7 Å². The molecular weight excluding hydrogens is 485 g/mol. The quantitative estimate of drug-likeness (QED) is 0.210. The first-order valence-corrected chi connectivity index (χ1v) is 10.6. The predicted molar refractivity (Wildman–Crippen MR) is 128 cm³/mol. The number of rotatable bonds is 6. The Morgan fingerprint density at radius 3 is 1.60 bits per heavy atom. The summed E-state index contributed by atoms with van der Waals surface area (Å²) in [6.07, 6.45) is 1.45. The summed E-state index contributed by atoms with van der Waals surface area (Å²) in [5.41, 5.74) is 9.37. The lowest BCUT2D eigenvalue weighted by molar-refractivity contribution is -0.644. The normalized spacial score (nSPS) is 11.2. The lowest BCUT2D eigenvalue weighted by Crippen LogP contribution is -2.91. The maximum Gasteiger partial charge on any atom is 0.240 e. The first-order chi connectivity index (χ1) is 14.6. The zero-order valence-corrected chi connectivity index (χ0v) is 18.3. The number of nitrogens with one attached hydrogen (secondary N) is 1. The van der Waals surface area contributed by atoms with Crippen molar-refractivity contribution in [3.8, 4) is 0 Å². The van der Waals surface area contributed by atoms with Crippen molar-refractivity contribution >= 4 is 37.9 Å². The molecule has 0 radical (unpaired) electrons. The van der Waals surface area contributed by atoms with E-state index in [0.29, 0.717) is 20.9 Å². The fourth-order valence-electron chi connectivity index (χ4n) is 3.81. The van der Waals surface area contributed by atoms with Crippen LogP contribution in [0.1, 0.15) is 22.3 Å². The topological polar surface area (TPSA) is 92.3 Å². The van der Waals surface area contributed by atoms with E-state index in [1.807, 2.05) is 77.2 Å². The third-order valence-corrected chi connectivity index (χ3v) is 5.71. The summed E-state index contributed by atoms with van der Waals surface area (Å²) in [7, 11) is 0. The molecule has 30 heavy (non-hydrogen) atoms. The standard InChI is InChI=1S/C24H20IN5/c25-21(26)20-22(27)28-16-29-23(20)30-24(17-10-4-1-5-11-17,18-12-6-2-7-13-18)19-14-8-3-9-15-19/h1-16,26H,(H3,27,28,29,30)/p+1. The molecule has 0 aliphatic heterocycles. The van der Waals surface area contributed by atoms with Crippen LogP contribution >= 0.6 is 22.6 Å². The third-order valence-electron chi connectivity index (χ3n) is 5.17. The van der Waals surface area contributed by atoms with Crippen LogP contribution in [0.25, 0.3) is 0 Å². The van der Waals surface area contributed by atoms with Gasteiger partial charge < -0.3 is 5.73 Å². The number of halogens is 1. The van der Waals surface area contributed by atoms with Crippen LogP contribution in [0.2, 0.25) is 0 Å². The van der Waals surface area contributed by atoms with E-state index in [9.17, 15) is 0 Å². The second kappa shape index (κ2) is 8.73. The minimum atomic E-state index is -0.620. The van der Waals surface area contributed by atoms with Gasteiger partial charge in [-0.2, -0.15) is 4.98 Å². The summed E-state index contributed by atoms with van der Waals surface area (Å²) < 4.78 is 0.306. The molecule has 1 heterocycles. The molecule has 5 N–H and O–H groups in total. The van der Waals surface area contributed by atoms with Gasteiger partial charge in [0, 0.05) is 16.7 Å². The lowest BCUT2D eigenvalue weighted by atomic mass is 9.77. The summed E-state index contributed by atoms with van der Waals surface area (Å²) in [5, 5.41) is 10.4. The number of nitrogens with two attached hydrogens (primary N) is 2. The Kier molecular flexibility index (Phi) is 5.87. The van der Waals surface area contributed by atoms with E-state index in [4.69, 9.17) is 11.1 Å². The number of anilines is 1. The molecule has 0 aliphatic carbocycles. The highest BCUT2D eigenvalue weighted by molar-refractivity contribution is 14.1. The number of nitrogen functional groups attached to an aromatic ring is 1. The molecule has 5 nitrogen and oxygen atoms in total. The van der Waals surface area contributed by atoms with Crippen molar-refractivity contribution in [2.24, 2.45) is 0 Å². The van der Waals surface area contributed by atoms with Gasteiger partial charge in [0.15, 0.2) is 5.54 Å². The molecule has 0 unspecified atom stereocenters. The van der Waals surface area contributed by atoms with Gasteiger partial charge in [0.2, 0.25) is 5.82 Å². The van der Waals surface area contributed by atoms with Gasteiger partial charge >= 0.3 is 0 Å². The van der Waals surface area contributed by atoms with Gasteiger partial charge in [0.25, 0.3) is 0 Å². The van der Waals surface area contributed by atoms with E-state index in [0.717, 1.165) is 16.7 Å². The maximum atomic E-state index is 8.25. The number of quaternary nitrogens is 1. The Morgan fingerprint density at radius 1 is 0.767 bits per heavy atom. The molecule has 148 valence electrons. The van der Waals surface area contributed by atoms with Gasteiger partial charge in [-0.3, -0.25) is 10.7 Å². The second-order valence-electron chi connectivity index (χ2n) is 6.88. The molecule has 0 fully saturated rings. The zero-order chi connectivity index (χ0) is 21.0. The Labute approximate surface area is 189 Å². The van der Waals surface area contributed by atoms with Crippen LogP contribution in [0.4, 0.5) is 11.6 Å². The average molecular weight is 506 g/mol. The Bertz CT molecular complexity index is 1050. The molecule has 0 bridgehead atoms. The molecule has 0 amide bonds. The molecule has 0 spiro atoms. The predicted octanol–water partition coefficient (Wildman–Crippen LogP) is 4.01. The van der Waals surface area contributed by atoms with Crippen molar-refractivity contribution in [3.05, 3.63) is 120 Å². The van der Waals surface area contributed by atoms with Gasteiger partial charge in [0.05, 0.1) is 0 Å². The summed E-state index contributed by atoms with van der Waals surface area (Å²) in [6.45, 7) is 0. The highest BCUT2D eigenvalue weighted by Crippen LogP contribution is 2.34. The Hall–Kier alpha value is -3.10. The molecule has 3 aromatic carbocycles. The molecule has 0 saturated carbocycles. The fraction of sp³-hybridized carbons (Fsp3) is 0.0417. The highest BCUT2D eigenvalue weighted by atomic mass is 127. The van der Waals surface area contributed by atoms with Crippen LogP contribution in [-0.2, 0) is 5.54 Å². The van der Waals surface area contributed by atoms with Crippen molar-refractivity contribution in [2.45, 2.75) is 5.54 Å². The number of hydrogen-bond donors (Lipinski definition) is 3. The maximum absolute atomic E-state index is 8.25. The molecule has 1 aromatic heterocycles. The zero-order valence-electron chi connectivity index (χ0n) is 16.2. The Balaban J connectivity index is 2.04. The van der Waals surface area contributed by atoms with Crippen LogP contribution in [0.3, 0.4) is 0 Å². The number of hydrogen-bond acceptors (Lipinski definition) is 4.